The molecule has 1 aliphatic rings. The van der Waals surface area contributed by atoms with Gasteiger partial charge in [0.15, 0.2) is 0 Å². The monoisotopic (exact) mass is 781 g/mol. The van der Waals surface area contributed by atoms with E-state index in [1.807, 2.05) is 0 Å². The summed E-state index contributed by atoms with van der Waals surface area (Å²) in [5, 5.41) is 17.1. The van der Waals surface area contributed by atoms with E-state index < -0.39 is 0 Å². The van der Waals surface area contributed by atoms with E-state index in [-0.39, 0.29) is 12.3 Å². The van der Waals surface area contributed by atoms with E-state index in [9.17, 15) is 0 Å². The first-order chi connectivity index (χ1) is 30.2. The van der Waals surface area contributed by atoms with Crippen molar-refractivity contribution in [2.24, 2.45) is 4.99 Å². The van der Waals surface area contributed by atoms with Crippen LogP contribution in [0.25, 0.3) is 87.6 Å². The number of hydrogen-bond donors (Lipinski definition) is 2. The molecule has 0 aliphatic carbocycles. The highest BCUT2D eigenvalue weighted by Crippen LogP contribution is 2.45. The summed E-state index contributed by atoms with van der Waals surface area (Å²) in [5.74, 6) is 0.854. The lowest BCUT2D eigenvalue weighted by Crippen LogP contribution is -2.45. The third-order valence-electron chi connectivity index (χ3n) is 12.3. The highest BCUT2D eigenvalue weighted by atomic mass is 16.3. The minimum atomic E-state index is -0.251. The van der Waals surface area contributed by atoms with E-state index in [1.165, 1.54) is 43.6 Å². The number of nitrogens with zero attached hydrogens (tertiary/aromatic N) is 1. The van der Waals surface area contributed by atoms with Crippen molar-refractivity contribution in [2.45, 2.75) is 12.3 Å². The number of furan rings is 1. The van der Waals surface area contributed by atoms with Crippen molar-refractivity contribution < 1.29 is 4.42 Å². The maximum atomic E-state index is 6.83. The summed E-state index contributed by atoms with van der Waals surface area (Å²) in [7, 11) is 0. The molecule has 0 saturated carbocycles. The Kier molecular flexibility index (Phi) is 8.36. The molecule has 0 fully saturated rings. The number of benzene rings is 10. The molecule has 12 rings (SSSR count). The second kappa shape index (κ2) is 14.5. The van der Waals surface area contributed by atoms with Crippen molar-refractivity contribution in [2.75, 3.05) is 0 Å². The Morgan fingerprint density at radius 3 is 1.84 bits per heavy atom. The molecule has 2 N–H and O–H groups in total. The van der Waals surface area contributed by atoms with Crippen LogP contribution in [-0.2, 0) is 0 Å². The summed E-state index contributed by atoms with van der Waals surface area (Å²) < 4.78 is 6.83. The zero-order chi connectivity index (χ0) is 40.3. The molecule has 1 aliphatic heterocycles. The minimum Gasteiger partial charge on any atom is -0.456 e. The van der Waals surface area contributed by atoms with Crippen molar-refractivity contribution >= 4 is 60.1 Å². The second-order valence-electron chi connectivity index (χ2n) is 15.9. The third-order valence-corrected chi connectivity index (χ3v) is 12.3. The smallest absolute Gasteiger partial charge is 0.136 e. The van der Waals surface area contributed by atoms with Crippen molar-refractivity contribution in [3.63, 3.8) is 0 Å². The van der Waals surface area contributed by atoms with Gasteiger partial charge in [0.25, 0.3) is 0 Å². The van der Waals surface area contributed by atoms with Crippen LogP contribution in [0, 0.1) is 0 Å². The van der Waals surface area contributed by atoms with Crippen molar-refractivity contribution in [3.05, 3.63) is 229 Å². The lowest BCUT2D eigenvalue weighted by atomic mass is 9.88. The average Bonchev–Trinajstić information content (AvgIpc) is 3.70. The van der Waals surface area contributed by atoms with Crippen LogP contribution in [0.2, 0.25) is 0 Å². The molecule has 0 bridgehead atoms. The van der Waals surface area contributed by atoms with E-state index in [2.05, 4.69) is 223 Å². The molecule has 0 spiro atoms. The normalized spacial score (nSPS) is 15.4. The van der Waals surface area contributed by atoms with Crippen molar-refractivity contribution in [3.8, 4) is 33.4 Å². The maximum absolute atomic E-state index is 6.83. The van der Waals surface area contributed by atoms with Gasteiger partial charge in [-0.25, -0.2) is 4.99 Å². The predicted molar refractivity (Wildman–Crippen MR) is 254 cm³/mol. The molecule has 288 valence electrons. The Hall–Kier alpha value is -7.79. The molecule has 11 aromatic rings. The van der Waals surface area contributed by atoms with Gasteiger partial charge in [-0.1, -0.05) is 188 Å². The molecule has 0 amide bonds. The van der Waals surface area contributed by atoms with Crippen LogP contribution in [0.1, 0.15) is 29.0 Å². The SMILES string of the molecule is c1ccc(-c2ccc(C3=NC(c4ccccc4)NC(c4ccc(-c5cc(-c6cccc7ccccc67)cc6oc7cc8ccccc8cc7c56)c5ccccc45)N3)cc2)cc1. The molecule has 2 atom stereocenters. The molecular formula is C57H39N3O. The molecule has 0 saturated heterocycles. The maximum Gasteiger partial charge on any atom is 0.136 e. The molecule has 4 heteroatoms. The van der Waals surface area contributed by atoms with Gasteiger partial charge >= 0.3 is 0 Å². The quantitative estimate of drug-likeness (QED) is 0.177. The van der Waals surface area contributed by atoms with Gasteiger partial charge in [-0.3, -0.25) is 5.32 Å². The largest absolute Gasteiger partial charge is 0.456 e. The lowest BCUT2D eigenvalue weighted by molar-refractivity contribution is 0.411. The fourth-order valence-corrected chi connectivity index (χ4v) is 9.37. The number of aliphatic imine (C=N–C) groups is 1. The standard InChI is InChI=1S/C57H39N3O/c1-3-14-36(15-4-1)37-26-28-40(29-27-37)56-58-55(39-17-5-2-6-18-39)59-57(60-56)49-31-30-48(46-23-11-12-24-47(46)49)50-33-43(45-25-13-21-38-16-9-10-22-44(38)45)35-53-54(50)51-32-41-19-7-8-20-42(41)34-52(51)61-53/h1-35,55,57,59H,(H,58,60). The number of fused-ring (bicyclic) bond motifs is 6. The van der Waals surface area contributed by atoms with Crippen LogP contribution >= 0.6 is 0 Å². The number of nitrogens with one attached hydrogen (secondary N) is 2. The summed E-state index contributed by atoms with van der Waals surface area (Å²) >= 11 is 0. The molecule has 1 aromatic heterocycles. The van der Waals surface area contributed by atoms with Gasteiger partial charge in [-0.2, -0.15) is 0 Å². The number of amidine groups is 1. The zero-order valence-electron chi connectivity index (χ0n) is 33.2. The average molecular weight is 782 g/mol. The Bertz CT molecular complexity index is 3470. The number of rotatable bonds is 6. The van der Waals surface area contributed by atoms with Crippen molar-refractivity contribution in [1.82, 2.24) is 10.6 Å². The number of hydrogen-bond acceptors (Lipinski definition) is 4. The molecule has 2 heterocycles. The van der Waals surface area contributed by atoms with Gasteiger partial charge < -0.3 is 9.73 Å². The first-order valence-corrected chi connectivity index (χ1v) is 20.9. The van der Waals surface area contributed by atoms with E-state index in [1.54, 1.807) is 0 Å². The molecule has 2 unspecified atom stereocenters. The molecule has 10 aromatic carbocycles. The molecule has 61 heavy (non-hydrogen) atoms. The summed E-state index contributed by atoms with van der Waals surface area (Å²) in [6.07, 6.45) is -0.479. The van der Waals surface area contributed by atoms with E-state index in [0.29, 0.717) is 0 Å². The zero-order valence-corrected chi connectivity index (χ0v) is 33.2. The summed E-state index contributed by atoms with van der Waals surface area (Å²) in [5.41, 5.74) is 12.0. The Labute approximate surface area is 353 Å². The highest BCUT2D eigenvalue weighted by Gasteiger charge is 2.28. The first-order valence-electron chi connectivity index (χ1n) is 20.9. The first kappa shape index (κ1) is 35.2. The topological polar surface area (TPSA) is 49.6 Å². The van der Waals surface area contributed by atoms with Gasteiger partial charge in [0.1, 0.15) is 29.3 Å². The van der Waals surface area contributed by atoms with Gasteiger partial charge in [0.2, 0.25) is 0 Å². The van der Waals surface area contributed by atoms with Crippen LogP contribution in [0.4, 0.5) is 0 Å². The summed E-state index contributed by atoms with van der Waals surface area (Å²) in [4.78, 5) is 5.27. The van der Waals surface area contributed by atoms with E-state index >= 15 is 0 Å². The molecular weight excluding hydrogens is 743 g/mol. The molecule has 4 nitrogen and oxygen atoms in total. The van der Waals surface area contributed by atoms with Crippen LogP contribution in [-0.4, -0.2) is 5.84 Å². The summed E-state index contributed by atoms with van der Waals surface area (Å²) in [6, 6.07) is 75.9. The van der Waals surface area contributed by atoms with Crippen LogP contribution in [0.3, 0.4) is 0 Å². The Morgan fingerprint density at radius 1 is 0.393 bits per heavy atom. The van der Waals surface area contributed by atoms with Gasteiger partial charge in [0.05, 0.1) is 0 Å². The van der Waals surface area contributed by atoms with Gasteiger partial charge in [-0.05, 0) is 101 Å². The van der Waals surface area contributed by atoms with Crippen LogP contribution < -0.4 is 10.6 Å². The lowest BCUT2D eigenvalue weighted by Gasteiger charge is -2.33. The van der Waals surface area contributed by atoms with E-state index in [4.69, 9.17) is 9.41 Å². The minimum absolute atomic E-state index is 0.228. The van der Waals surface area contributed by atoms with E-state index in [0.717, 1.165) is 66.5 Å². The van der Waals surface area contributed by atoms with Crippen molar-refractivity contribution in [1.29, 1.82) is 0 Å². The fraction of sp³-hybridized carbons (Fsp3) is 0.0351. The predicted octanol–water partition coefficient (Wildman–Crippen LogP) is 14.4. The Morgan fingerprint density at radius 2 is 1.03 bits per heavy atom. The fourth-order valence-electron chi connectivity index (χ4n) is 9.37. The highest BCUT2D eigenvalue weighted by molar-refractivity contribution is 6.19. The van der Waals surface area contributed by atoms with Gasteiger partial charge in [0, 0.05) is 16.3 Å². The van der Waals surface area contributed by atoms with Gasteiger partial charge in [-0.15, -0.1) is 0 Å². The molecule has 0 radical (unpaired) electrons. The third kappa shape index (κ3) is 6.16. The summed E-state index contributed by atoms with van der Waals surface area (Å²) in [6.45, 7) is 0. The Balaban J connectivity index is 1.03. The van der Waals surface area contributed by atoms with Crippen LogP contribution in [0.15, 0.2) is 222 Å². The second-order valence-corrected chi connectivity index (χ2v) is 15.9. The van der Waals surface area contributed by atoms with Crippen LogP contribution in [0.5, 0.6) is 0 Å².